The van der Waals surface area contributed by atoms with Gasteiger partial charge in [-0.05, 0) is 12.1 Å². The Hall–Kier alpha value is -0.653. The summed E-state index contributed by atoms with van der Waals surface area (Å²) in [6.07, 6.45) is 0. The fourth-order valence-corrected chi connectivity index (χ4v) is 1.09. The zero-order chi connectivity index (χ0) is 11.2. The van der Waals surface area contributed by atoms with E-state index in [4.69, 9.17) is 4.55 Å². The van der Waals surface area contributed by atoms with E-state index < -0.39 is 10.1 Å². The molecule has 0 fully saturated rings. The molecule has 0 aliphatic heterocycles. The Balaban J connectivity index is 0.000000364. The standard InChI is InChI=1S/C6H6O3S.C3H10Si/c7-10(8,9)6-4-2-1-3-5-6;1-4(2)3/h1-5H,(H,7,8,9);4H,1-3H3. The van der Waals surface area contributed by atoms with Crippen molar-refractivity contribution < 1.29 is 13.0 Å². The van der Waals surface area contributed by atoms with Crippen LogP contribution in [0.5, 0.6) is 0 Å². The summed E-state index contributed by atoms with van der Waals surface area (Å²) in [5.74, 6) is 0. The SMILES string of the molecule is C[SiH](C)C.O=S(=O)(O)c1ccccc1. The molecule has 0 radical (unpaired) electrons. The first-order chi connectivity index (χ1) is 6.34. The summed E-state index contributed by atoms with van der Waals surface area (Å²) in [5, 5.41) is 0. The number of hydrogen-bond donors (Lipinski definition) is 1. The topological polar surface area (TPSA) is 54.4 Å². The lowest BCUT2D eigenvalue weighted by atomic mass is 10.4. The maximum Gasteiger partial charge on any atom is 0.294 e. The Bertz CT molecular complexity index is 343. The van der Waals surface area contributed by atoms with Crippen molar-refractivity contribution in [2.75, 3.05) is 0 Å². The Kier molecular flexibility index (Phi) is 5.67. The minimum absolute atomic E-state index is 0.0741. The van der Waals surface area contributed by atoms with Crippen LogP contribution >= 0.6 is 0 Å². The number of hydrogen-bond acceptors (Lipinski definition) is 2. The summed E-state index contributed by atoms with van der Waals surface area (Å²) < 4.78 is 29.2. The molecule has 0 heterocycles. The van der Waals surface area contributed by atoms with E-state index in [2.05, 4.69) is 19.6 Å². The molecule has 0 unspecified atom stereocenters. The van der Waals surface area contributed by atoms with Crippen LogP contribution in [0, 0.1) is 0 Å². The Morgan fingerprint density at radius 3 is 1.64 bits per heavy atom. The monoisotopic (exact) mass is 232 g/mol. The molecule has 0 amide bonds. The minimum Gasteiger partial charge on any atom is -0.282 e. The van der Waals surface area contributed by atoms with Gasteiger partial charge in [-0.1, -0.05) is 37.8 Å². The third-order valence-electron chi connectivity index (χ3n) is 1.04. The molecule has 0 spiro atoms. The zero-order valence-corrected chi connectivity index (χ0v) is 10.6. The number of benzene rings is 1. The van der Waals surface area contributed by atoms with Gasteiger partial charge in [0.25, 0.3) is 10.1 Å². The van der Waals surface area contributed by atoms with Crippen LogP contribution in [0.15, 0.2) is 35.2 Å². The Morgan fingerprint density at radius 1 is 1.07 bits per heavy atom. The van der Waals surface area contributed by atoms with Gasteiger partial charge in [0, 0.05) is 8.80 Å². The van der Waals surface area contributed by atoms with Crippen LogP contribution in [-0.2, 0) is 10.1 Å². The Labute approximate surface area is 87.1 Å². The maximum absolute atomic E-state index is 10.4. The highest BCUT2D eigenvalue weighted by atomic mass is 32.2. The van der Waals surface area contributed by atoms with Gasteiger partial charge < -0.3 is 0 Å². The first-order valence-corrected chi connectivity index (χ1v) is 9.27. The van der Waals surface area contributed by atoms with Crippen molar-refractivity contribution >= 4 is 18.9 Å². The maximum atomic E-state index is 10.4. The predicted molar refractivity (Wildman–Crippen MR) is 61.0 cm³/mol. The minimum atomic E-state index is -4.00. The van der Waals surface area contributed by atoms with E-state index in [0.717, 1.165) is 0 Å². The molecule has 1 aromatic carbocycles. The van der Waals surface area contributed by atoms with Crippen LogP contribution in [0.25, 0.3) is 0 Å². The van der Waals surface area contributed by atoms with Crippen molar-refractivity contribution in [3.8, 4) is 0 Å². The van der Waals surface area contributed by atoms with Gasteiger partial charge in [-0.2, -0.15) is 8.42 Å². The molecule has 1 N–H and O–H groups in total. The first-order valence-electron chi connectivity index (χ1n) is 4.36. The lowest BCUT2D eigenvalue weighted by Crippen LogP contribution is -1.96. The van der Waals surface area contributed by atoms with Gasteiger partial charge >= 0.3 is 0 Å². The smallest absolute Gasteiger partial charge is 0.282 e. The summed E-state index contributed by atoms with van der Waals surface area (Å²) in [7, 11) is -4.14. The highest BCUT2D eigenvalue weighted by Crippen LogP contribution is 2.05. The van der Waals surface area contributed by atoms with Crippen LogP contribution in [0.2, 0.25) is 19.6 Å². The van der Waals surface area contributed by atoms with E-state index in [1.807, 2.05) is 0 Å². The highest BCUT2D eigenvalue weighted by molar-refractivity contribution is 7.85. The molecule has 0 saturated carbocycles. The van der Waals surface area contributed by atoms with Crippen molar-refractivity contribution in [3.63, 3.8) is 0 Å². The van der Waals surface area contributed by atoms with Gasteiger partial charge in [0.05, 0.1) is 4.90 Å². The third-order valence-corrected chi connectivity index (χ3v) is 1.91. The fraction of sp³-hybridized carbons (Fsp3) is 0.333. The van der Waals surface area contributed by atoms with Gasteiger partial charge in [0.2, 0.25) is 0 Å². The molecule has 14 heavy (non-hydrogen) atoms. The molecule has 1 aromatic rings. The lowest BCUT2D eigenvalue weighted by Gasteiger charge is -1.92. The van der Waals surface area contributed by atoms with Crippen LogP contribution in [-0.4, -0.2) is 21.8 Å². The van der Waals surface area contributed by atoms with Crippen molar-refractivity contribution in [3.05, 3.63) is 30.3 Å². The summed E-state index contributed by atoms with van der Waals surface area (Å²) in [6, 6.07) is 7.42. The predicted octanol–water partition coefficient (Wildman–Crippen LogP) is 2.04. The molecule has 1 rings (SSSR count). The van der Waals surface area contributed by atoms with Crippen LogP contribution in [0.1, 0.15) is 0 Å². The number of rotatable bonds is 1. The molecule has 0 aliphatic carbocycles. The summed E-state index contributed by atoms with van der Waals surface area (Å²) >= 11 is 0. The Morgan fingerprint density at radius 2 is 1.43 bits per heavy atom. The van der Waals surface area contributed by atoms with Gasteiger partial charge in [0.15, 0.2) is 0 Å². The average Bonchev–Trinajstić information content (AvgIpc) is 2.03. The van der Waals surface area contributed by atoms with Crippen LogP contribution in [0.4, 0.5) is 0 Å². The van der Waals surface area contributed by atoms with E-state index in [9.17, 15) is 8.42 Å². The van der Waals surface area contributed by atoms with E-state index in [1.54, 1.807) is 18.2 Å². The van der Waals surface area contributed by atoms with Crippen molar-refractivity contribution in [1.82, 2.24) is 0 Å². The lowest BCUT2D eigenvalue weighted by molar-refractivity contribution is 0.483. The normalized spacial score (nSPS) is 10.6. The third kappa shape index (κ3) is 6.82. The molecular formula is C9H16O3SSi. The van der Waals surface area contributed by atoms with Crippen LogP contribution in [0.3, 0.4) is 0 Å². The van der Waals surface area contributed by atoms with E-state index in [-0.39, 0.29) is 13.7 Å². The van der Waals surface area contributed by atoms with E-state index >= 15 is 0 Å². The first kappa shape index (κ1) is 13.3. The van der Waals surface area contributed by atoms with Crippen LogP contribution < -0.4 is 0 Å². The zero-order valence-electron chi connectivity index (χ0n) is 8.64. The molecule has 0 saturated heterocycles. The molecule has 5 heteroatoms. The molecule has 3 nitrogen and oxygen atoms in total. The van der Waals surface area contributed by atoms with Crippen molar-refractivity contribution in [2.24, 2.45) is 0 Å². The second kappa shape index (κ2) is 5.95. The molecule has 0 aliphatic rings. The molecule has 0 aromatic heterocycles. The van der Waals surface area contributed by atoms with Gasteiger partial charge in [-0.15, -0.1) is 0 Å². The van der Waals surface area contributed by atoms with Gasteiger partial charge in [-0.25, -0.2) is 0 Å². The summed E-state index contributed by atoms with van der Waals surface area (Å²) in [5.41, 5.74) is 0. The average molecular weight is 232 g/mol. The van der Waals surface area contributed by atoms with Crippen molar-refractivity contribution in [2.45, 2.75) is 24.5 Å². The second-order valence-corrected chi connectivity index (χ2v) is 8.41. The molecular weight excluding hydrogens is 216 g/mol. The molecule has 0 bridgehead atoms. The fourth-order valence-electron chi connectivity index (χ4n) is 0.592. The van der Waals surface area contributed by atoms with E-state index in [1.165, 1.54) is 12.1 Å². The summed E-state index contributed by atoms with van der Waals surface area (Å²) in [6.45, 7) is 6.92. The summed E-state index contributed by atoms with van der Waals surface area (Å²) in [4.78, 5) is -0.0741. The molecule has 0 atom stereocenters. The van der Waals surface area contributed by atoms with Gasteiger partial charge in [0.1, 0.15) is 0 Å². The highest BCUT2D eigenvalue weighted by Gasteiger charge is 2.05. The van der Waals surface area contributed by atoms with Crippen molar-refractivity contribution in [1.29, 1.82) is 0 Å². The van der Waals surface area contributed by atoms with Gasteiger partial charge in [-0.3, -0.25) is 4.55 Å². The largest absolute Gasteiger partial charge is 0.294 e. The van der Waals surface area contributed by atoms with E-state index in [0.29, 0.717) is 0 Å². The quantitative estimate of drug-likeness (QED) is 0.595. The second-order valence-electron chi connectivity index (χ2n) is 3.52. The molecule has 80 valence electrons.